The average Bonchev–Trinajstić information content (AvgIpc) is 2.43. The van der Waals surface area contributed by atoms with Gasteiger partial charge in [0.2, 0.25) is 11.8 Å². The Morgan fingerprint density at radius 3 is 2.78 bits per heavy atom. The maximum absolute atomic E-state index is 11.7. The predicted molar refractivity (Wildman–Crippen MR) is 64.9 cm³/mol. The lowest BCUT2D eigenvalue weighted by Crippen LogP contribution is -2.43. The Bertz CT molecular complexity index is 330. The van der Waals surface area contributed by atoms with Crippen molar-refractivity contribution in [2.75, 3.05) is 13.1 Å². The van der Waals surface area contributed by atoms with E-state index in [2.05, 4.69) is 5.32 Å². The second-order valence-corrected chi connectivity index (χ2v) is 4.69. The summed E-state index contributed by atoms with van der Waals surface area (Å²) in [6, 6.07) is -0.419. The van der Waals surface area contributed by atoms with Crippen LogP contribution in [0.3, 0.4) is 0 Å². The van der Waals surface area contributed by atoms with Crippen LogP contribution in [-0.2, 0) is 14.4 Å². The summed E-state index contributed by atoms with van der Waals surface area (Å²) in [5.74, 6) is -1.24. The quantitative estimate of drug-likeness (QED) is 0.744. The van der Waals surface area contributed by atoms with Gasteiger partial charge in [0.1, 0.15) is 0 Å². The van der Waals surface area contributed by atoms with E-state index in [1.54, 1.807) is 11.8 Å². The highest BCUT2D eigenvalue weighted by Gasteiger charge is 2.20. The van der Waals surface area contributed by atoms with Crippen molar-refractivity contribution >= 4 is 17.8 Å². The SMILES string of the molecule is C[C@@H](CC(=O)O)NC(=O)CN1CCCCCC1=O. The standard InChI is InChI=1S/C12H20N2O4/c1-9(7-12(17)18)13-10(15)8-14-6-4-2-3-5-11(14)16/h9H,2-8H2,1H3,(H,13,15)(H,17,18)/t9-/m0/s1. The number of carboxylic acid groups (broad SMARTS) is 1. The van der Waals surface area contributed by atoms with Crippen molar-refractivity contribution in [1.82, 2.24) is 10.2 Å². The molecule has 2 N–H and O–H groups in total. The molecule has 6 nitrogen and oxygen atoms in total. The van der Waals surface area contributed by atoms with Gasteiger partial charge >= 0.3 is 5.97 Å². The van der Waals surface area contributed by atoms with Gasteiger partial charge in [0.05, 0.1) is 13.0 Å². The van der Waals surface area contributed by atoms with Crippen molar-refractivity contribution in [3.63, 3.8) is 0 Å². The lowest BCUT2D eigenvalue weighted by atomic mass is 10.2. The Morgan fingerprint density at radius 1 is 1.39 bits per heavy atom. The third-order valence-electron chi connectivity index (χ3n) is 2.89. The minimum atomic E-state index is -0.950. The van der Waals surface area contributed by atoms with Gasteiger partial charge in [-0.25, -0.2) is 0 Å². The summed E-state index contributed by atoms with van der Waals surface area (Å²) in [6.07, 6.45) is 3.20. The van der Waals surface area contributed by atoms with Crippen molar-refractivity contribution in [2.45, 2.75) is 45.1 Å². The van der Waals surface area contributed by atoms with Gasteiger partial charge in [-0.1, -0.05) is 6.42 Å². The van der Waals surface area contributed by atoms with Crippen LogP contribution in [-0.4, -0.2) is 46.9 Å². The number of nitrogens with one attached hydrogen (secondary N) is 1. The Balaban J connectivity index is 2.38. The summed E-state index contributed by atoms with van der Waals surface area (Å²) in [4.78, 5) is 35.3. The lowest BCUT2D eigenvalue weighted by Gasteiger charge is -2.21. The maximum Gasteiger partial charge on any atom is 0.305 e. The largest absolute Gasteiger partial charge is 0.481 e. The number of carbonyl (C=O) groups excluding carboxylic acids is 2. The van der Waals surface area contributed by atoms with Crippen LogP contribution < -0.4 is 5.32 Å². The summed E-state index contributed by atoms with van der Waals surface area (Å²) in [5.41, 5.74) is 0. The molecule has 1 saturated heterocycles. The Morgan fingerprint density at radius 2 is 2.11 bits per heavy atom. The molecule has 6 heteroatoms. The van der Waals surface area contributed by atoms with Crippen molar-refractivity contribution in [3.05, 3.63) is 0 Å². The molecule has 0 aromatic heterocycles. The zero-order chi connectivity index (χ0) is 13.5. The number of aliphatic carboxylic acids is 1. The van der Waals surface area contributed by atoms with Gasteiger partial charge in [0, 0.05) is 19.0 Å². The summed E-state index contributed by atoms with van der Waals surface area (Å²) < 4.78 is 0. The molecular weight excluding hydrogens is 236 g/mol. The van der Waals surface area contributed by atoms with E-state index in [-0.39, 0.29) is 24.8 Å². The first-order valence-corrected chi connectivity index (χ1v) is 6.28. The third kappa shape index (κ3) is 5.16. The zero-order valence-electron chi connectivity index (χ0n) is 10.6. The topological polar surface area (TPSA) is 86.7 Å². The second kappa shape index (κ2) is 6.98. The number of nitrogens with zero attached hydrogens (tertiary/aromatic N) is 1. The number of likely N-dealkylation sites (tertiary alicyclic amines) is 1. The normalized spacial score (nSPS) is 18.1. The molecule has 0 radical (unpaired) electrons. The molecule has 0 spiro atoms. The van der Waals surface area contributed by atoms with Crippen LogP contribution in [0.15, 0.2) is 0 Å². The zero-order valence-corrected chi connectivity index (χ0v) is 10.6. The molecule has 0 bridgehead atoms. The molecular formula is C12H20N2O4. The lowest BCUT2D eigenvalue weighted by molar-refractivity contribution is -0.138. The summed E-state index contributed by atoms with van der Waals surface area (Å²) in [5, 5.41) is 11.2. The van der Waals surface area contributed by atoms with E-state index >= 15 is 0 Å². The van der Waals surface area contributed by atoms with Crippen LogP contribution in [0.2, 0.25) is 0 Å². The number of hydrogen-bond acceptors (Lipinski definition) is 3. The van der Waals surface area contributed by atoms with Crippen LogP contribution in [0, 0.1) is 0 Å². The highest BCUT2D eigenvalue weighted by atomic mass is 16.4. The van der Waals surface area contributed by atoms with E-state index in [1.807, 2.05) is 0 Å². The van der Waals surface area contributed by atoms with Gasteiger partial charge in [-0.05, 0) is 19.8 Å². The molecule has 0 aromatic carbocycles. The number of amides is 2. The minimum absolute atomic E-state index is 0.00791. The molecule has 1 aliphatic rings. The molecule has 2 amide bonds. The molecule has 0 aliphatic carbocycles. The van der Waals surface area contributed by atoms with E-state index in [9.17, 15) is 14.4 Å². The van der Waals surface area contributed by atoms with Crippen molar-refractivity contribution in [1.29, 1.82) is 0 Å². The van der Waals surface area contributed by atoms with Gasteiger partial charge < -0.3 is 15.3 Å². The van der Waals surface area contributed by atoms with Crippen LogP contribution in [0.5, 0.6) is 0 Å². The predicted octanol–water partition coefficient (Wildman–Crippen LogP) is 0.368. The fraction of sp³-hybridized carbons (Fsp3) is 0.750. The van der Waals surface area contributed by atoms with Crippen molar-refractivity contribution in [3.8, 4) is 0 Å². The van der Waals surface area contributed by atoms with Crippen LogP contribution >= 0.6 is 0 Å². The Hall–Kier alpha value is -1.59. The number of rotatable bonds is 5. The number of carboxylic acids is 1. The molecule has 0 unspecified atom stereocenters. The van der Waals surface area contributed by atoms with Crippen molar-refractivity contribution < 1.29 is 19.5 Å². The minimum Gasteiger partial charge on any atom is -0.481 e. The molecule has 1 aliphatic heterocycles. The van der Waals surface area contributed by atoms with E-state index in [1.165, 1.54) is 0 Å². The van der Waals surface area contributed by atoms with Gasteiger partial charge in [-0.3, -0.25) is 14.4 Å². The summed E-state index contributed by atoms with van der Waals surface area (Å²) in [7, 11) is 0. The Labute approximate surface area is 106 Å². The van der Waals surface area contributed by atoms with E-state index in [0.29, 0.717) is 13.0 Å². The Kier molecular flexibility index (Phi) is 5.61. The molecule has 1 rings (SSSR count). The molecule has 1 fully saturated rings. The molecule has 1 atom stereocenters. The first kappa shape index (κ1) is 14.5. The monoisotopic (exact) mass is 256 g/mol. The summed E-state index contributed by atoms with van der Waals surface area (Å²) in [6.45, 7) is 2.28. The average molecular weight is 256 g/mol. The van der Waals surface area contributed by atoms with Crippen molar-refractivity contribution in [2.24, 2.45) is 0 Å². The molecule has 18 heavy (non-hydrogen) atoms. The first-order valence-electron chi connectivity index (χ1n) is 6.28. The van der Waals surface area contributed by atoms with Gasteiger partial charge in [-0.2, -0.15) is 0 Å². The number of hydrogen-bond donors (Lipinski definition) is 2. The maximum atomic E-state index is 11.7. The van der Waals surface area contributed by atoms with Crippen LogP contribution in [0.4, 0.5) is 0 Å². The fourth-order valence-corrected chi connectivity index (χ4v) is 2.01. The van der Waals surface area contributed by atoms with Crippen LogP contribution in [0.1, 0.15) is 39.0 Å². The smallest absolute Gasteiger partial charge is 0.305 e. The molecule has 0 saturated carbocycles. The first-order chi connectivity index (χ1) is 8.49. The molecule has 0 aromatic rings. The van der Waals surface area contributed by atoms with Gasteiger partial charge in [0.15, 0.2) is 0 Å². The highest BCUT2D eigenvalue weighted by molar-refractivity contribution is 5.85. The fourth-order valence-electron chi connectivity index (χ4n) is 2.01. The van der Waals surface area contributed by atoms with Gasteiger partial charge in [0.25, 0.3) is 0 Å². The third-order valence-corrected chi connectivity index (χ3v) is 2.89. The van der Waals surface area contributed by atoms with E-state index in [4.69, 9.17) is 5.11 Å². The van der Waals surface area contributed by atoms with E-state index in [0.717, 1.165) is 19.3 Å². The van der Waals surface area contributed by atoms with Crippen LogP contribution in [0.25, 0.3) is 0 Å². The molecule has 1 heterocycles. The second-order valence-electron chi connectivity index (χ2n) is 4.69. The summed E-state index contributed by atoms with van der Waals surface area (Å²) >= 11 is 0. The highest BCUT2D eigenvalue weighted by Crippen LogP contribution is 2.10. The molecule has 102 valence electrons. The number of carbonyl (C=O) groups is 3. The van der Waals surface area contributed by atoms with E-state index < -0.39 is 12.0 Å². The van der Waals surface area contributed by atoms with Gasteiger partial charge in [-0.15, -0.1) is 0 Å².